The van der Waals surface area contributed by atoms with Gasteiger partial charge in [0.25, 0.3) is 5.56 Å². The summed E-state index contributed by atoms with van der Waals surface area (Å²) in [5.74, 6) is 1.44. The summed E-state index contributed by atoms with van der Waals surface area (Å²) >= 11 is 0. The van der Waals surface area contributed by atoms with Crippen LogP contribution >= 0.6 is 0 Å². The molecule has 17 heavy (non-hydrogen) atoms. The zero-order valence-electron chi connectivity index (χ0n) is 9.43. The SMILES string of the molecule is COc1ccccc1CNc1ccc(=O)[nH]n1. The Kier molecular flexibility index (Phi) is 3.40. The molecule has 0 bridgehead atoms. The zero-order valence-corrected chi connectivity index (χ0v) is 9.43. The summed E-state index contributed by atoms with van der Waals surface area (Å²) in [7, 11) is 1.64. The maximum absolute atomic E-state index is 10.8. The minimum atomic E-state index is -0.215. The number of aromatic nitrogens is 2. The van der Waals surface area contributed by atoms with Crippen molar-refractivity contribution in [1.82, 2.24) is 10.2 Å². The van der Waals surface area contributed by atoms with Gasteiger partial charge in [0.1, 0.15) is 11.6 Å². The van der Waals surface area contributed by atoms with E-state index in [1.165, 1.54) is 6.07 Å². The molecule has 0 aliphatic rings. The van der Waals surface area contributed by atoms with Crippen LogP contribution in [0, 0.1) is 0 Å². The number of benzene rings is 1. The number of aromatic amines is 1. The molecule has 0 saturated carbocycles. The van der Waals surface area contributed by atoms with Gasteiger partial charge in [-0.1, -0.05) is 18.2 Å². The molecule has 0 aliphatic carbocycles. The van der Waals surface area contributed by atoms with Gasteiger partial charge in [-0.25, -0.2) is 5.10 Å². The lowest BCUT2D eigenvalue weighted by Crippen LogP contribution is -2.09. The van der Waals surface area contributed by atoms with Gasteiger partial charge in [-0.2, -0.15) is 5.10 Å². The monoisotopic (exact) mass is 231 g/mol. The summed E-state index contributed by atoms with van der Waals surface area (Å²) in [5, 5.41) is 9.33. The van der Waals surface area contributed by atoms with E-state index >= 15 is 0 Å². The van der Waals surface area contributed by atoms with Crippen molar-refractivity contribution >= 4 is 5.82 Å². The molecule has 1 aromatic carbocycles. The number of anilines is 1. The summed E-state index contributed by atoms with van der Waals surface area (Å²) < 4.78 is 5.23. The fourth-order valence-corrected chi connectivity index (χ4v) is 1.48. The van der Waals surface area contributed by atoms with Crippen LogP contribution in [0.25, 0.3) is 0 Å². The van der Waals surface area contributed by atoms with Gasteiger partial charge in [-0.3, -0.25) is 4.79 Å². The number of ether oxygens (including phenoxy) is 1. The average Bonchev–Trinajstić information content (AvgIpc) is 2.38. The van der Waals surface area contributed by atoms with Crippen LogP contribution in [0.1, 0.15) is 5.56 Å². The van der Waals surface area contributed by atoms with Gasteiger partial charge in [-0.15, -0.1) is 0 Å². The molecule has 5 nitrogen and oxygen atoms in total. The molecule has 0 unspecified atom stereocenters. The number of nitrogens with one attached hydrogen (secondary N) is 2. The third-order valence-corrected chi connectivity index (χ3v) is 2.33. The van der Waals surface area contributed by atoms with Crippen molar-refractivity contribution in [2.24, 2.45) is 0 Å². The molecule has 0 saturated heterocycles. The van der Waals surface area contributed by atoms with Crippen molar-refractivity contribution in [3.63, 3.8) is 0 Å². The second-order valence-electron chi connectivity index (χ2n) is 3.47. The Morgan fingerprint density at radius 2 is 2.12 bits per heavy atom. The minimum Gasteiger partial charge on any atom is -0.496 e. The van der Waals surface area contributed by atoms with Crippen LogP contribution in [-0.2, 0) is 6.54 Å². The lowest BCUT2D eigenvalue weighted by atomic mass is 10.2. The topological polar surface area (TPSA) is 67.0 Å². The smallest absolute Gasteiger partial charge is 0.264 e. The highest BCUT2D eigenvalue weighted by molar-refractivity contribution is 5.38. The van der Waals surface area contributed by atoms with E-state index < -0.39 is 0 Å². The first kappa shape index (κ1) is 11.2. The van der Waals surface area contributed by atoms with Gasteiger partial charge < -0.3 is 10.1 Å². The van der Waals surface area contributed by atoms with Crippen molar-refractivity contribution in [1.29, 1.82) is 0 Å². The van der Waals surface area contributed by atoms with E-state index in [2.05, 4.69) is 15.5 Å². The van der Waals surface area contributed by atoms with Crippen LogP contribution in [0.2, 0.25) is 0 Å². The molecular formula is C12H13N3O2. The fraction of sp³-hybridized carbons (Fsp3) is 0.167. The van der Waals surface area contributed by atoms with Crippen LogP contribution in [0.15, 0.2) is 41.2 Å². The van der Waals surface area contributed by atoms with Gasteiger partial charge in [-0.05, 0) is 12.1 Å². The van der Waals surface area contributed by atoms with E-state index in [1.54, 1.807) is 13.2 Å². The number of nitrogens with zero attached hydrogens (tertiary/aromatic N) is 1. The maximum Gasteiger partial charge on any atom is 0.264 e. The van der Waals surface area contributed by atoms with Crippen molar-refractivity contribution in [3.8, 4) is 5.75 Å². The quantitative estimate of drug-likeness (QED) is 0.834. The molecule has 0 radical (unpaired) electrons. The van der Waals surface area contributed by atoms with Crippen molar-refractivity contribution in [2.45, 2.75) is 6.54 Å². The predicted molar refractivity (Wildman–Crippen MR) is 65.2 cm³/mol. The minimum absolute atomic E-state index is 0.215. The number of hydrogen-bond donors (Lipinski definition) is 2. The Labute approximate surface area is 98.5 Å². The molecule has 1 aromatic heterocycles. The number of para-hydroxylation sites is 1. The number of methoxy groups -OCH3 is 1. The summed E-state index contributed by atoms with van der Waals surface area (Å²) in [4.78, 5) is 10.8. The highest BCUT2D eigenvalue weighted by Gasteiger charge is 2.01. The van der Waals surface area contributed by atoms with Gasteiger partial charge in [0.2, 0.25) is 0 Å². The molecule has 2 N–H and O–H groups in total. The van der Waals surface area contributed by atoms with Gasteiger partial charge in [0.15, 0.2) is 0 Å². The van der Waals surface area contributed by atoms with Gasteiger partial charge in [0, 0.05) is 18.2 Å². The number of hydrogen-bond acceptors (Lipinski definition) is 4. The third kappa shape index (κ3) is 2.84. The van der Waals surface area contributed by atoms with Gasteiger partial charge in [0.05, 0.1) is 7.11 Å². The molecule has 1 heterocycles. The van der Waals surface area contributed by atoms with Crippen LogP contribution in [0.5, 0.6) is 5.75 Å². The standard InChI is InChI=1S/C12H13N3O2/c1-17-10-5-3-2-4-9(10)8-13-11-6-7-12(16)15-14-11/h2-7H,8H2,1H3,(H,13,14)(H,15,16). The molecular weight excluding hydrogens is 218 g/mol. The molecule has 88 valence electrons. The average molecular weight is 231 g/mol. The van der Waals surface area contributed by atoms with Crippen LogP contribution in [-0.4, -0.2) is 17.3 Å². The van der Waals surface area contributed by atoms with E-state index in [9.17, 15) is 4.79 Å². The highest BCUT2D eigenvalue weighted by atomic mass is 16.5. The normalized spacial score (nSPS) is 9.94. The third-order valence-electron chi connectivity index (χ3n) is 2.33. The molecule has 2 rings (SSSR count). The van der Waals surface area contributed by atoms with Crippen molar-refractivity contribution in [3.05, 3.63) is 52.3 Å². The second kappa shape index (κ2) is 5.16. The molecule has 2 aromatic rings. The maximum atomic E-state index is 10.8. The summed E-state index contributed by atoms with van der Waals surface area (Å²) in [6.45, 7) is 0.586. The van der Waals surface area contributed by atoms with E-state index in [1.807, 2.05) is 24.3 Å². The molecule has 0 amide bonds. The first-order valence-electron chi connectivity index (χ1n) is 5.21. The van der Waals surface area contributed by atoms with E-state index in [0.29, 0.717) is 12.4 Å². The van der Waals surface area contributed by atoms with Crippen LogP contribution in [0.3, 0.4) is 0 Å². The molecule has 0 aliphatic heterocycles. The zero-order chi connectivity index (χ0) is 12.1. The molecule has 0 fully saturated rings. The lowest BCUT2D eigenvalue weighted by molar-refractivity contribution is 0.410. The lowest BCUT2D eigenvalue weighted by Gasteiger charge is -2.09. The Morgan fingerprint density at radius 3 is 2.82 bits per heavy atom. The van der Waals surface area contributed by atoms with Crippen molar-refractivity contribution < 1.29 is 4.74 Å². The largest absolute Gasteiger partial charge is 0.496 e. The molecule has 0 atom stereocenters. The Morgan fingerprint density at radius 1 is 1.29 bits per heavy atom. The number of H-pyrrole nitrogens is 1. The number of rotatable bonds is 4. The Bertz CT molecular complexity index is 531. The summed E-state index contributed by atoms with van der Waals surface area (Å²) in [6, 6.07) is 10.8. The van der Waals surface area contributed by atoms with Crippen LogP contribution in [0.4, 0.5) is 5.82 Å². The summed E-state index contributed by atoms with van der Waals surface area (Å²) in [6.07, 6.45) is 0. The van der Waals surface area contributed by atoms with E-state index in [0.717, 1.165) is 11.3 Å². The first-order valence-corrected chi connectivity index (χ1v) is 5.21. The molecule has 5 heteroatoms. The fourth-order valence-electron chi connectivity index (χ4n) is 1.48. The first-order chi connectivity index (χ1) is 8.29. The second-order valence-corrected chi connectivity index (χ2v) is 3.47. The van der Waals surface area contributed by atoms with E-state index in [-0.39, 0.29) is 5.56 Å². The Hall–Kier alpha value is -2.30. The molecule has 0 spiro atoms. The Balaban J connectivity index is 2.07. The van der Waals surface area contributed by atoms with Crippen molar-refractivity contribution in [2.75, 3.05) is 12.4 Å². The predicted octanol–water partition coefficient (Wildman–Crippen LogP) is 1.39. The van der Waals surface area contributed by atoms with Crippen LogP contribution < -0.4 is 15.6 Å². The highest BCUT2D eigenvalue weighted by Crippen LogP contribution is 2.17. The summed E-state index contributed by atoms with van der Waals surface area (Å²) in [5.41, 5.74) is 0.816. The van der Waals surface area contributed by atoms with Gasteiger partial charge >= 0.3 is 0 Å². The van der Waals surface area contributed by atoms with E-state index in [4.69, 9.17) is 4.74 Å².